The molecule has 1 saturated heterocycles. The fourth-order valence-corrected chi connectivity index (χ4v) is 8.49. The second kappa shape index (κ2) is 6.66. The highest BCUT2D eigenvalue weighted by Crippen LogP contribution is 2.62. The van der Waals surface area contributed by atoms with Gasteiger partial charge in [0.05, 0.1) is 10.5 Å². The van der Waals surface area contributed by atoms with Crippen molar-refractivity contribution in [2.24, 2.45) is 0 Å². The zero-order valence-corrected chi connectivity index (χ0v) is 14.8. The largest absolute Gasteiger partial charge is 0.416 e. The van der Waals surface area contributed by atoms with Crippen LogP contribution in [0.5, 0.6) is 0 Å². The fraction of sp³-hybridized carbons (Fsp3) is 0.294. The molecule has 25 heavy (non-hydrogen) atoms. The molecule has 0 aliphatic carbocycles. The molecule has 0 radical (unpaired) electrons. The van der Waals surface area contributed by atoms with Gasteiger partial charge in [0.15, 0.2) is 0 Å². The van der Waals surface area contributed by atoms with Gasteiger partial charge >= 0.3 is 16.3 Å². The second-order valence-corrected chi connectivity index (χ2v) is 10.6. The Labute approximate surface area is 146 Å². The average Bonchev–Trinajstić information content (AvgIpc) is 3.04. The molecular formula is C17H17F3O3S2. The molecule has 2 aromatic carbocycles. The van der Waals surface area contributed by atoms with E-state index in [2.05, 4.69) is 0 Å². The molecule has 8 heteroatoms. The number of benzene rings is 2. The highest BCUT2D eigenvalue weighted by atomic mass is 32.3. The van der Waals surface area contributed by atoms with Crippen LogP contribution in [-0.2, 0) is 19.9 Å². The number of alkyl halides is 3. The summed E-state index contributed by atoms with van der Waals surface area (Å²) in [4.78, 5) is 0.596. The first-order valence-corrected chi connectivity index (χ1v) is 11.0. The maximum absolute atomic E-state index is 12.6. The Morgan fingerprint density at radius 3 is 1.96 bits per heavy atom. The maximum Gasteiger partial charge on any atom is 0.416 e. The second-order valence-electron chi connectivity index (χ2n) is 5.78. The molecule has 0 aromatic heterocycles. The van der Waals surface area contributed by atoms with Crippen molar-refractivity contribution in [3.8, 4) is 0 Å². The summed E-state index contributed by atoms with van der Waals surface area (Å²) in [6, 6.07) is 12.6. The lowest BCUT2D eigenvalue weighted by Crippen LogP contribution is -2.15. The molecule has 0 bridgehead atoms. The van der Waals surface area contributed by atoms with Crippen LogP contribution in [0, 0.1) is 0 Å². The van der Waals surface area contributed by atoms with Crippen LogP contribution in [0.3, 0.4) is 0 Å². The minimum atomic E-state index is -4.51. The molecule has 3 rings (SSSR count). The molecular weight excluding hydrogens is 373 g/mol. The highest BCUT2D eigenvalue weighted by Gasteiger charge is 2.37. The van der Waals surface area contributed by atoms with Crippen LogP contribution < -0.4 is 0 Å². The van der Waals surface area contributed by atoms with Crippen LogP contribution in [0.15, 0.2) is 64.4 Å². The van der Waals surface area contributed by atoms with Gasteiger partial charge in [0.25, 0.3) is 0 Å². The zero-order valence-electron chi connectivity index (χ0n) is 13.2. The normalized spacial score (nSPS) is 18.8. The van der Waals surface area contributed by atoms with Gasteiger partial charge in [-0.05, 0) is 49.2 Å². The summed E-state index contributed by atoms with van der Waals surface area (Å²) in [7, 11) is -6.14. The molecule has 0 unspecified atom stereocenters. The number of rotatable bonds is 4. The van der Waals surface area contributed by atoms with E-state index in [9.17, 15) is 21.6 Å². The van der Waals surface area contributed by atoms with E-state index >= 15 is 0 Å². The molecule has 136 valence electrons. The standard InChI is InChI=1S/C17H17F3O3S2/c18-17(19,20)14-8-10-16(11-9-14)25(21,22)23-24(12-4-5-13-24)15-6-2-1-3-7-15/h1-3,6-11H,4-5,12-13H2. The molecule has 2 aromatic rings. The van der Waals surface area contributed by atoms with Crippen LogP contribution in [0.25, 0.3) is 0 Å². The van der Waals surface area contributed by atoms with E-state index in [0.717, 1.165) is 42.0 Å². The Kier molecular flexibility index (Phi) is 4.87. The summed E-state index contributed by atoms with van der Waals surface area (Å²) in [5.74, 6) is 1.27. The molecule has 0 spiro atoms. The van der Waals surface area contributed by atoms with Crippen molar-refractivity contribution in [3.05, 3.63) is 60.2 Å². The van der Waals surface area contributed by atoms with Gasteiger partial charge in [0, 0.05) is 16.4 Å². The maximum atomic E-state index is 12.6. The summed E-state index contributed by atoms with van der Waals surface area (Å²) in [6.45, 7) is 0. The van der Waals surface area contributed by atoms with Gasteiger partial charge < -0.3 is 0 Å². The van der Waals surface area contributed by atoms with Gasteiger partial charge in [-0.25, -0.2) is 3.63 Å². The molecule has 0 amide bonds. The van der Waals surface area contributed by atoms with Crippen LogP contribution in [0.1, 0.15) is 18.4 Å². The quantitative estimate of drug-likeness (QED) is 0.739. The highest BCUT2D eigenvalue weighted by molar-refractivity contribution is 8.33. The Morgan fingerprint density at radius 1 is 0.880 bits per heavy atom. The van der Waals surface area contributed by atoms with Crippen LogP contribution >= 0.6 is 10.3 Å². The van der Waals surface area contributed by atoms with Crippen molar-refractivity contribution in [2.45, 2.75) is 28.8 Å². The Hall–Kier alpha value is -1.51. The lowest BCUT2D eigenvalue weighted by Gasteiger charge is -2.34. The molecule has 0 atom stereocenters. The van der Waals surface area contributed by atoms with E-state index in [1.807, 2.05) is 30.3 Å². The van der Waals surface area contributed by atoms with Crippen molar-refractivity contribution in [1.29, 1.82) is 0 Å². The third-order valence-corrected chi connectivity index (χ3v) is 9.70. The smallest absolute Gasteiger partial charge is 0.212 e. The van der Waals surface area contributed by atoms with E-state index < -0.39 is 32.2 Å². The lowest BCUT2D eigenvalue weighted by atomic mass is 10.2. The predicted molar refractivity (Wildman–Crippen MR) is 91.0 cm³/mol. The topological polar surface area (TPSA) is 43.4 Å². The molecule has 1 heterocycles. The van der Waals surface area contributed by atoms with E-state index in [0.29, 0.717) is 11.5 Å². The predicted octanol–water partition coefficient (Wildman–Crippen LogP) is 4.98. The van der Waals surface area contributed by atoms with Gasteiger partial charge in [-0.2, -0.15) is 21.6 Å². The minimum Gasteiger partial charge on any atom is -0.212 e. The third kappa shape index (κ3) is 3.86. The van der Waals surface area contributed by atoms with E-state index in [4.69, 9.17) is 3.63 Å². The molecule has 1 aliphatic heterocycles. The van der Waals surface area contributed by atoms with Crippen LogP contribution in [0.4, 0.5) is 13.2 Å². The van der Waals surface area contributed by atoms with Crippen molar-refractivity contribution in [1.82, 2.24) is 0 Å². The fourth-order valence-electron chi connectivity index (χ4n) is 2.81. The molecule has 0 saturated carbocycles. The van der Waals surface area contributed by atoms with Gasteiger partial charge in [-0.15, -0.1) is 0 Å². The zero-order chi connectivity index (χ0) is 18.1. The SMILES string of the molecule is O=S(=O)(OS1(c2ccccc2)CCCC1)c1ccc(C(F)(F)F)cc1. The van der Waals surface area contributed by atoms with Crippen molar-refractivity contribution in [2.75, 3.05) is 11.5 Å². The van der Waals surface area contributed by atoms with E-state index in [1.54, 1.807) is 0 Å². The van der Waals surface area contributed by atoms with Crippen LogP contribution in [-0.4, -0.2) is 19.9 Å². The van der Waals surface area contributed by atoms with Crippen LogP contribution in [0.2, 0.25) is 0 Å². The first-order valence-electron chi connectivity index (χ1n) is 7.70. The molecule has 3 nitrogen and oxygen atoms in total. The number of halogens is 3. The van der Waals surface area contributed by atoms with Crippen molar-refractivity contribution in [3.63, 3.8) is 0 Å². The lowest BCUT2D eigenvalue weighted by molar-refractivity contribution is -0.137. The number of hydrogen-bond donors (Lipinski definition) is 0. The van der Waals surface area contributed by atoms with E-state index in [1.165, 1.54) is 0 Å². The first-order chi connectivity index (χ1) is 11.7. The van der Waals surface area contributed by atoms with Gasteiger partial charge in [0.2, 0.25) is 0 Å². The first kappa shape index (κ1) is 18.3. The summed E-state index contributed by atoms with van der Waals surface area (Å²) in [5, 5.41) is 0. The number of hydrogen-bond acceptors (Lipinski definition) is 3. The Morgan fingerprint density at radius 2 is 1.44 bits per heavy atom. The monoisotopic (exact) mass is 390 g/mol. The Bertz CT molecular complexity index is 826. The van der Waals surface area contributed by atoms with Gasteiger partial charge in [0.1, 0.15) is 0 Å². The summed E-state index contributed by atoms with van der Waals surface area (Å²) >= 11 is 0. The van der Waals surface area contributed by atoms with Gasteiger partial charge in [-0.3, -0.25) is 0 Å². The third-order valence-electron chi connectivity index (χ3n) is 4.06. The van der Waals surface area contributed by atoms with Crippen molar-refractivity contribution < 1.29 is 25.2 Å². The summed E-state index contributed by atoms with van der Waals surface area (Å²) < 4.78 is 68.9. The summed E-state index contributed by atoms with van der Waals surface area (Å²) in [5.41, 5.74) is -0.891. The van der Waals surface area contributed by atoms with Gasteiger partial charge in [-0.1, -0.05) is 28.5 Å². The molecule has 1 fully saturated rings. The Balaban J connectivity index is 1.92. The van der Waals surface area contributed by atoms with E-state index in [-0.39, 0.29) is 4.90 Å². The molecule has 1 aliphatic rings. The van der Waals surface area contributed by atoms with Crippen molar-refractivity contribution >= 4 is 20.4 Å². The minimum absolute atomic E-state index is 0.254. The summed E-state index contributed by atoms with van der Waals surface area (Å²) in [6.07, 6.45) is -2.77. The molecule has 0 N–H and O–H groups in total. The average molecular weight is 390 g/mol.